The lowest BCUT2D eigenvalue weighted by Crippen LogP contribution is -2.53. The number of methoxy groups -OCH3 is 1. The first-order valence-corrected chi connectivity index (χ1v) is 9.42. The maximum Gasteiger partial charge on any atom is 0.243 e. The van der Waals surface area contributed by atoms with E-state index < -0.39 is 18.0 Å². The van der Waals surface area contributed by atoms with E-state index in [1.165, 1.54) is 0 Å². The van der Waals surface area contributed by atoms with Gasteiger partial charge in [-0.1, -0.05) is 13.8 Å². The quantitative estimate of drug-likeness (QED) is 0.604. The fourth-order valence-corrected chi connectivity index (χ4v) is 3.08. The third kappa shape index (κ3) is 5.22. The number of nitrogens with zero attached hydrogens (tertiary/aromatic N) is 1. The number of aliphatic hydroxyl groups is 1. The number of hydrogen-bond donors (Lipinski definition) is 3. The van der Waals surface area contributed by atoms with Crippen LogP contribution in [-0.4, -0.2) is 55.2 Å². The van der Waals surface area contributed by atoms with Crippen LogP contribution < -0.4 is 20.3 Å². The minimum atomic E-state index is -0.730. The molecule has 1 saturated heterocycles. The van der Waals surface area contributed by atoms with E-state index in [1.807, 2.05) is 13.8 Å². The molecule has 1 aromatic rings. The van der Waals surface area contributed by atoms with E-state index in [0.717, 1.165) is 0 Å². The number of carbonyl (C=O) groups is 3. The molecule has 28 heavy (non-hydrogen) atoms. The Morgan fingerprint density at radius 2 is 1.86 bits per heavy atom. The Labute approximate surface area is 165 Å². The molecule has 1 aliphatic rings. The van der Waals surface area contributed by atoms with Gasteiger partial charge >= 0.3 is 0 Å². The summed E-state index contributed by atoms with van der Waals surface area (Å²) in [6, 6.07) is 5.94. The zero-order chi connectivity index (χ0) is 20.8. The van der Waals surface area contributed by atoms with Crippen molar-refractivity contribution in [2.45, 2.75) is 39.3 Å². The van der Waals surface area contributed by atoms with Crippen molar-refractivity contribution in [2.24, 2.45) is 11.8 Å². The lowest BCUT2D eigenvalue weighted by Gasteiger charge is -2.25. The predicted octanol–water partition coefficient (Wildman–Crippen LogP) is 0.686. The predicted molar refractivity (Wildman–Crippen MR) is 105 cm³/mol. The van der Waals surface area contributed by atoms with Crippen molar-refractivity contribution >= 4 is 23.4 Å². The number of hydrogen-bond acceptors (Lipinski definition) is 5. The molecule has 0 spiro atoms. The SMILES string of the molecule is COc1ccc(N2C[C@H](C(=O)N[C@H](C(=O)N[C@@H](C)CO)C(C)C)CC2=O)cc1. The van der Waals surface area contributed by atoms with Crippen molar-refractivity contribution in [3.63, 3.8) is 0 Å². The third-order valence-corrected chi connectivity index (χ3v) is 4.79. The van der Waals surface area contributed by atoms with Crippen LogP contribution in [0.2, 0.25) is 0 Å². The van der Waals surface area contributed by atoms with Gasteiger partial charge in [0.1, 0.15) is 11.8 Å². The summed E-state index contributed by atoms with van der Waals surface area (Å²) in [5, 5.41) is 14.5. The van der Waals surface area contributed by atoms with Crippen molar-refractivity contribution in [2.75, 3.05) is 25.2 Å². The second-order valence-corrected chi connectivity index (χ2v) is 7.43. The number of rotatable bonds is 8. The van der Waals surface area contributed by atoms with Gasteiger partial charge in [-0.3, -0.25) is 14.4 Å². The first-order valence-electron chi connectivity index (χ1n) is 9.42. The molecule has 0 unspecified atom stereocenters. The number of ether oxygens (including phenoxy) is 1. The molecule has 3 N–H and O–H groups in total. The van der Waals surface area contributed by atoms with Crippen LogP contribution >= 0.6 is 0 Å². The molecule has 0 aromatic heterocycles. The highest BCUT2D eigenvalue weighted by molar-refractivity contribution is 6.01. The van der Waals surface area contributed by atoms with Crippen LogP contribution in [0, 0.1) is 11.8 Å². The third-order valence-electron chi connectivity index (χ3n) is 4.79. The average Bonchev–Trinajstić information content (AvgIpc) is 3.07. The smallest absolute Gasteiger partial charge is 0.243 e. The van der Waals surface area contributed by atoms with Crippen LogP contribution in [-0.2, 0) is 14.4 Å². The van der Waals surface area contributed by atoms with Gasteiger partial charge in [-0.15, -0.1) is 0 Å². The molecular weight excluding hydrogens is 362 g/mol. The van der Waals surface area contributed by atoms with E-state index in [2.05, 4.69) is 10.6 Å². The zero-order valence-corrected chi connectivity index (χ0v) is 16.8. The highest BCUT2D eigenvalue weighted by atomic mass is 16.5. The number of anilines is 1. The molecule has 0 radical (unpaired) electrons. The molecule has 8 nitrogen and oxygen atoms in total. The first kappa shape index (κ1) is 21.7. The summed E-state index contributed by atoms with van der Waals surface area (Å²) in [5.41, 5.74) is 0.705. The van der Waals surface area contributed by atoms with Crippen LogP contribution in [0.15, 0.2) is 24.3 Å². The molecule has 0 saturated carbocycles. The summed E-state index contributed by atoms with van der Waals surface area (Å²) in [6.07, 6.45) is 0.0946. The van der Waals surface area contributed by atoms with Gasteiger partial charge in [0.25, 0.3) is 0 Å². The van der Waals surface area contributed by atoms with Gasteiger partial charge in [0.05, 0.1) is 19.6 Å². The van der Waals surface area contributed by atoms with Crippen LogP contribution in [0.4, 0.5) is 5.69 Å². The molecule has 1 aromatic carbocycles. The number of benzene rings is 1. The Balaban J connectivity index is 2.03. The van der Waals surface area contributed by atoms with Gasteiger partial charge in [-0.25, -0.2) is 0 Å². The molecule has 1 fully saturated rings. The fourth-order valence-electron chi connectivity index (χ4n) is 3.08. The molecular formula is C20H29N3O5. The van der Waals surface area contributed by atoms with E-state index in [9.17, 15) is 14.4 Å². The Bertz CT molecular complexity index is 704. The number of carbonyl (C=O) groups excluding carboxylic acids is 3. The standard InChI is InChI=1S/C20H29N3O5/c1-12(2)18(20(27)21-13(3)11-24)22-19(26)14-9-17(25)23(10-14)15-5-7-16(28-4)8-6-15/h5-8,12-14,18,24H,9-11H2,1-4H3,(H,21,27)(H,22,26)/t13-,14+,18-/m0/s1. The number of nitrogens with one attached hydrogen (secondary N) is 2. The summed E-state index contributed by atoms with van der Waals surface area (Å²) in [7, 11) is 1.57. The summed E-state index contributed by atoms with van der Waals surface area (Å²) in [5.74, 6) is -0.781. The van der Waals surface area contributed by atoms with E-state index in [0.29, 0.717) is 11.4 Å². The minimum Gasteiger partial charge on any atom is -0.497 e. The lowest BCUT2D eigenvalue weighted by molar-refractivity contribution is -0.132. The van der Waals surface area contributed by atoms with E-state index in [4.69, 9.17) is 9.84 Å². The van der Waals surface area contributed by atoms with Gasteiger partial charge in [-0.05, 0) is 37.1 Å². The Kier molecular flexibility index (Phi) is 7.39. The van der Waals surface area contributed by atoms with Gasteiger partial charge in [-0.2, -0.15) is 0 Å². The summed E-state index contributed by atoms with van der Waals surface area (Å²) in [6.45, 7) is 5.42. The van der Waals surface area contributed by atoms with Crippen LogP contribution in [0.5, 0.6) is 5.75 Å². The molecule has 3 amide bonds. The van der Waals surface area contributed by atoms with Crippen molar-refractivity contribution in [1.29, 1.82) is 0 Å². The summed E-state index contributed by atoms with van der Waals surface area (Å²) < 4.78 is 5.12. The molecule has 0 aliphatic carbocycles. The van der Waals surface area contributed by atoms with Crippen molar-refractivity contribution in [1.82, 2.24) is 10.6 Å². The molecule has 3 atom stereocenters. The van der Waals surface area contributed by atoms with Gasteiger partial charge in [0.15, 0.2) is 0 Å². The maximum atomic E-state index is 12.7. The molecule has 154 valence electrons. The molecule has 8 heteroatoms. The highest BCUT2D eigenvalue weighted by Crippen LogP contribution is 2.27. The topological polar surface area (TPSA) is 108 Å². The Hall–Kier alpha value is -2.61. The number of aliphatic hydroxyl groups excluding tert-OH is 1. The van der Waals surface area contributed by atoms with Crippen LogP contribution in [0.1, 0.15) is 27.2 Å². The van der Waals surface area contributed by atoms with Gasteiger partial charge in [0.2, 0.25) is 17.7 Å². The summed E-state index contributed by atoms with van der Waals surface area (Å²) in [4.78, 5) is 39.1. The van der Waals surface area contributed by atoms with Crippen molar-refractivity contribution in [3.05, 3.63) is 24.3 Å². The van der Waals surface area contributed by atoms with Crippen LogP contribution in [0.3, 0.4) is 0 Å². The second-order valence-electron chi connectivity index (χ2n) is 7.43. The van der Waals surface area contributed by atoms with E-state index >= 15 is 0 Å². The molecule has 1 heterocycles. The van der Waals surface area contributed by atoms with E-state index in [1.54, 1.807) is 43.2 Å². The zero-order valence-electron chi connectivity index (χ0n) is 16.8. The Morgan fingerprint density at radius 3 is 2.39 bits per heavy atom. The first-order chi connectivity index (χ1) is 13.3. The largest absolute Gasteiger partial charge is 0.497 e. The van der Waals surface area contributed by atoms with E-state index in [-0.39, 0.29) is 43.2 Å². The van der Waals surface area contributed by atoms with Crippen LogP contribution in [0.25, 0.3) is 0 Å². The molecule has 0 bridgehead atoms. The average molecular weight is 391 g/mol. The van der Waals surface area contributed by atoms with Gasteiger partial charge in [0, 0.05) is 24.7 Å². The number of amides is 3. The normalized spacial score (nSPS) is 18.7. The summed E-state index contributed by atoms with van der Waals surface area (Å²) >= 11 is 0. The Morgan fingerprint density at radius 1 is 1.21 bits per heavy atom. The highest BCUT2D eigenvalue weighted by Gasteiger charge is 2.37. The van der Waals surface area contributed by atoms with Crippen molar-refractivity contribution < 1.29 is 24.2 Å². The molecule has 1 aliphatic heterocycles. The fraction of sp³-hybridized carbons (Fsp3) is 0.550. The monoisotopic (exact) mass is 391 g/mol. The lowest BCUT2D eigenvalue weighted by atomic mass is 10.0. The van der Waals surface area contributed by atoms with Crippen molar-refractivity contribution in [3.8, 4) is 5.75 Å². The second kappa shape index (κ2) is 9.54. The molecule has 2 rings (SSSR count). The van der Waals surface area contributed by atoms with Gasteiger partial charge < -0.3 is 25.4 Å². The maximum absolute atomic E-state index is 12.7. The minimum absolute atomic E-state index is 0.0946.